The fraction of sp³-hybridized carbons (Fsp3) is 0.245. The average molecular weight is 722 g/mol. The van der Waals surface area contributed by atoms with Gasteiger partial charge in [-0.1, -0.05) is 146 Å². The Morgan fingerprint density at radius 3 is 1.56 bits per heavy atom. The predicted molar refractivity (Wildman–Crippen MR) is 222 cm³/mol. The molecule has 5 heteroatoms. The maximum Gasteiger partial charge on any atom is 0.164 e. The molecule has 4 aliphatic carbocycles. The predicted octanol–water partition coefficient (Wildman–Crippen LogP) is 11.7. The molecule has 6 aromatic carbocycles. The molecule has 11 rings (SSSR count). The molecule has 0 N–H and O–H groups in total. The monoisotopic (exact) mass is 721 g/mol. The summed E-state index contributed by atoms with van der Waals surface area (Å²) in [7, 11) is -2.29. The van der Waals surface area contributed by atoms with Crippen LogP contribution in [0.2, 0.25) is 0 Å². The largest absolute Gasteiger partial charge is 0.319 e. The number of rotatable bonds is 7. The summed E-state index contributed by atoms with van der Waals surface area (Å²) in [5, 5.41) is 3.22. The van der Waals surface area contributed by atoms with E-state index in [1.54, 1.807) is 0 Å². The standard InChI is InChI=1S/C49H44N3OP/c1-54(2,53)43-25-19-35(20-26-43)34-15-21-39(22-16-34)49(41-28-32-27-33(30-41)31-42(49)29-32)40-23-17-38(18-24-40)47-50-46(37-10-4-3-5-11-37)51-48(52-47)45-14-8-12-36-9-6-7-13-44(36)45/h3-26,32-33,41-42H,27-31H2,1-2H3. The highest BCUT2D eigenvalue weighted by atomic mass is 31.2. The van der Waals surface area contributed by atoms with E-state index in [-0.39, 0.29) is 5.41 Å². The molecule has 0 unspecified atom stereocenters. The van der Waals surface area contributed by atoms with Gasteiger partial charge in [0.2, 0.25) is 0 Å². The normalized spacial score (nSPS) is 23.1. The van der Waals surface area contributed by atoms with Gasteiger partial charge in [-0.15, -0.1) is 0 Å². The van der Waals surface area contributed by atoms with Gasteiger partial charge in [0.15, 0.2) is 17.5 Å². The second-order valence-corrected chi connectivity index (χ2v) is 19.6. The van der Waals surface area contributed by atoms with Gasteiger partial charge in [0.25, 0.3) is 0 Å². The van der Waals surface area contributed by atoms with Gasteiger partial charge in [-0.2, -0.15) is 0 Å². The lowest BCUT2D eigenvalue weighted by Crippen LogP contribution is -2.56. The maximum absolute atomic E-state index is 12.7. The van der Waals surface area contributed by atoms with Crippen LogP contribution in [0.1, 0.15) is 43.2 Å². The number of aromatic nitrogens is 3. The molecule has 4 nitrogen and oxygen atoms in total. The van der Waals surface area contributed by atoms with Crippen LogP contribution in [0.15, 0.2) is 146 Å². The SMILES string of the molecule is CP(C)(=O)c1ccc(-c2ccc(C3(c4ccc(-c5nc(-c6ccccc6)nc(-c6cccc7ccccc67)n5)cc4)C4CC5CC(C4)CC3C5)cc2)cc1. The lowest BCUT2D eigenvalue weighted by molar-refractivity contribution is -0.0418. The van der Waals surface area contributed by atoms with Crippen molar-refractivity contribution in [1.29, 1.82) is 0 Å². The summed E-state index contributed by atoms with van der Waals surface area (Å²) in [6.45, 7) is 3.67. The summed E-state index contributed by atoms with van der Waals surface area (Å²) in [4.78, 5) is 15.3. The molecule has 0 radical (unpaired) electrons. The molecule has 266 valence electrons. The van der Waals surface area contributed by atoms with Crippen LogP contribution in [-0.2, 0) is 9.98 Å². The van der Waals surface area contributed by atoms with E-state index in [9.17, 15) is 4.57 Å². The molecule has 4 bridgehead atoms. The van der Waals surface area contributed by atoms with E-state index < -0.39 is 7.14 Å². The molecule has 54 heavy (non-hydrogen) atoms. The zero-order chi connectivity index (χ0) is 36.4. The molecular weight excluding hydrogens is 678 g/mol. The van der Waals surface area contributed by atoms with E-state index in [0.29, 0.717) is 29.3 Å². The fourth-order valence-electron chi connectivity index (χ4n) is 10.6. The Morgan fingerprint density at radius 2 is 0.963 bits per heavy atom. The Bertz CT molecular complexity index is 2510. The first-order valence-electron chi connectivity index (χ1n) is 19.5. The van der Waals surface area contributed by atoms with Gasteiger partial charge in [0.1, 0.15) is 7.14 Å². The third-order valence-electron chi connectivity index (χ3n) is 12.9. The summed E-state index contributed by atoms with van der Waals surface area (Å²) in [5.41, 5.74) is 8.20. The topological polar surface area (TPSA) is 55.7 Å². The molecule has 4 fully saturated rings. The molecule has 0 aliphatic heterocycles. The van der Waals surface area contributed by atoms with E-state index in [2.05, 4.69) is 115 Å². The van der Waals surface area contributed by atoms with Gasteiger partial charge in [0, 0.05) is 27.4 Å². The van der Waals surface area contributed by atoms with Crippen LogP contribution < -0.4 is 5.30 Å². The van der Waals surface area contributed by atoms with Crippen molar-refractivity contribution in [3.05, 3.63) is 157 Å². The van der Waals surface area contributed by atoms with Crippen LogP contribution in [0.25, 0.3) is 56.1 Å². The minimum absolute atomic E-state index is 0.0200. The third-order valence-corrected chi connectivity index (χ3v) is 14.5. The van der Waals surface area contributed by atoms with Crippen molar-refractivity contribution in [3.63, 3.8) is 0 Å². The number of benzene rings is 6. The zero-order valence-electron chi connectivity index (χ0n) is 30.9. The first-order chi connectivity index (χ1) is 26.3. The zero-order valence-corrected chi connectivity index (χ0v) is 31.8. The highest BCUT2D eigenvalue weighted by molar-refractivity contribution is 7.70. The molecule has 1 heterocycles. The van der Waals surface area contributed by atoms with Crippen molar-refractivity contribution in [1.82, 2.24) is 15.0 Å². The minimum Gasteiger partial charge on any atom is -0.319 e. The first-order valence-corrected chi connectivity index (χ1v) is 22.1. The van der Waals surface area contributed by atoms with Gasteiger partial charge < -0.3 is 4.57 Å². The Labute approximate surface area is 318 Å². The van der Waals surface area contributed by atoms with Crippen LogP contribution in [0.5, 0.6) is 0 Å². The summed E-state index contributed by atoms with van der Waals surface area (Å²) in [6, 6.07) is 52.1. The van der Waals surface area contributed by atoms with Crippen molar-refractivity contribution in [2.75, 3.05) is 13.3 Å². The van der Waals surface area contributed by atoms with Crippen LogP contribution in [0, 0.1) is 23.7 Å². The average Bonchev–Trinajstić information content (AvgIpc) is 3.21. The molecule has 0 atom stereocenters. The van der Waals surface area contributed by atoms with Crippen LogP contribution >= 0.6 is 7.14 Å². The van der Waals surface area contributed by atoms with Crippen molar-refractivity contribution in [3.8, 4) is 45.3 Å². The van der Waals surface area contributed by atoms with Crippen molar-refractivity contribution in [2.45, 2.75) is 37.5 Å². The molecule has 4 saturated carbocycles. The van der Waals surface area contributed by atoms with E-state index in [4.69, 9.17) is 15.0 Å². The number of nitrogens with zero attached hydrogens (tertiary/aromatic N) is 3. The second kappa shape index (κ2) is 13.0. The first kappa shape index (κ1) is 33.4. The van der Waals surface area contributed by atoms with Crippen molar-refractivity contribution >= 4 is 23.2 Å². The summed E-state index contributed by atoms with van der Waals surface area (Å²) < 4.78 is 12.7. The Morgan fingerprint density at radius 1 is 0.481 bits per heavy atom. The molecule has 0 spiro atoms. The lowest BCUT2D eigenvalue weighted by atomic mass is 9.42. The van der Waals surface area contributed by atoms with Crippen LogP contribution in [0.4, 0.5) is 0 Å². The lowest BCUT2D eigenvalue weighted by Gasteiger charge is -2.62. The minimum atomic E-state index is -2.29. The van der Waals surface area contributed by atoms with E-state index >= 15 is 0 Å². The highest BCUT2D eigenvalue weighted by Gasteiger charge is 2.58. The Balaban J connectivity index is 1.06. The molecular formula is C49H44N3OP. The van der Waals surface area contributed by atoms with E-state index in [0.717, 1.165) is 44.8 Å². The van der Waals surface area contributed by atoms with Crippen molar-refractivity contribution < 1.29 is 4.57 Å². The van der Waals surface area contributed by atoms with Gasteiger partial charge in [-0.25, -0.2) is 15.0 Å². The molecule has 0 amide bonds. The number of hydrogen-bond donors (Lipinski definition) is 0. The Hall–Kier alpha value is -5.18. The summed E-state index contributed by atoms with van der Waals surface area (Å²) in [5.74, 6) is 5.04. The van der Waals surface area contributed by atoms with Gasteiger partial charge in [-0.3, -0.25) is 0 Å². The van der Waals surface area contributed by atoms with E-state index in [1.807, 2.05) is 43.7 Å². The number of hydrogen-bond acceptors (Lipinski definition) is 4. The highest BCUT2D eigenvalue weighted by Crippen LogP contribution is 2.65. The van der Waals surface area contributed by atoms with Gasteiger partial charge in [0.05, 0.1) is 0 Å². The Kier molecular flexibility index (Phi) is 8.04. The second-order valence-electron chi connectivity index (χ2n) is 16.4. The number of fused-ring (bicyclic) bond motifs is 1. The maximum atomic E-state index is 12.7. The van der Waals surface area contributed by atoms with Crippen molar-refractivity contribution in [2.24, 2.45) is 23.7 Å². The molecule has 1 aromatic heterocycles. The molecule has 4 aliphatic rings. The smallest absolute Gasteiger partial charge is 0.164 e. The van der Waals surface area contributed by atoms with Crippen LogP contribution in [0.3, 0.4) is 0 Å². The fourth-order valence-corrected chi connectivity index (χ4v) is 11.5. The molecule has 7 aromatic rings. The molecule has 0 saturated heterocycles. The van der Waals surface area contributed by atoms with Gasteiger partial charge in [-0.05, 0) is 102 Å². The summed E-state index contributed by atoms with van der Waals surface area (Å²) >= 11 is 0. The van der Waals surface area contributed by atoms with Gasteiger partial charge >= 0.3 is 0 Å². The van der Waals surface area contributed by atoms with E-state index in [1.165, 1.54) is 54.2 Å². The third kappa shape index (κ3) is 5.66. The summed E-state index contributed by atoms with van der Waals surface area (Å²) in [6.07, 6.45) is 6.67. The van der Waals surface area contributed by atoms with Crippen LogP contribution in [-0.4, -0.2) is 28.3 Å². The quantitative estimate of drug-likeness (QED) is 0.154.